The Labute approximate surface area is 103 Å². The van der Waals surface area contributed by atoms with E-state index in [9.17, 15) is 0 Å². The molecular weight excluding hydrogens is 208 g/mol. The van der Waals surface area contributed by atoms with E-state index in [1.165, 1.54) is 16.3 Å². The van der Waals surface area contributed by atoms with Gasteiger partial charge in [0.15, 0.2) is 0 Å². The lowest BCUT2D eigenvalue weighted by Crippen LogP contribution is -2.23. The molecule has 2 aromatic rings. The van der Waals surface area contributed by atoms with E-state index in [0.717, 1.165) is 25.9 Å². The molecule has 0 spiro atoms. The Morgan fingerprint density at radius 1 is 0.941 bits per heavy atom. The third kappa shape index (κ3) is 3.29. The first-order valence-electron chi connectivity index (χ1n) is 6.29. The summed E-state index contributed by atoms with van der Waals surface area (Å²) in [6, 6.07) is 15.1. The van der Waals surface area contributed by atoms with Crippen LogP contribution in [0.1, 0.15) is 12.0 Å². The largest absolute Gasteiger partial charge is 0.329 e. The van der Waals surface area contributed by atoms with E-state index in [1.807, 2.05) is 0 Å². The van der Waals surface area contributed by atoms with E-state index in [-0.39, 0.29) is 0 Å². The molecule has 0 saturated carbocycles. The van der Waals surface area contributed by atoms with Gasteiger partial charge in [-0.05, 0) is 35.7 Å². The minimum Gasteiger partial charge on any atom is -0.329 e. The molecule has 2 nitrogen and oxygen atoms in total. The Bertz CT molecular complexity index is 460. The summed E-state index contributed by atoms with van der Waals surface area (Å²) in [7, 11) is 0. The van der Waals surface area contributed by atoms with Crippen molar-refractivity contribution < 1.29 is 0 Å². The van der Waals surface area contributed by atoms with E-state index in [4.69, 9.17) is 5.73 Å². The fraction of sp³-hybridized carbons (Fsp3) is 0.333. The quantitative estimate of drug-likeness (QED) is 0.745. The summed E-state index contributed by atoms with van der Waals surface area (Å²) in [6.45, 7) is 2.67. The Morgan fingerprint density at radius 2 is 1.76 bits per heavy atom. The second kappa shape index (κ2) is 6.38. The average molecular weight is 228 g/mol. The average Bonchev–Trinajstić information content (AvgIpc) is 2.39. The van der Waals surface area contributed by atoms with Crippen molar-refractivity contribution in [1.82, 2.24) is 5.32 Å². The van der Waals surface area contributed by atoms with Crippen LogP contribution in [-0.2, 0) is 6.42 Å². The van der Waals surface area contributed by atoms with Gasteiger partial charge in [0, 0.05) is 13.1 Å². The van der Waals surface area contributed by atoms with E-state index in [0.29, 0.717) is 6.54 Å². The fourth-order valence-electron chi connectivity index (χ4n) is 2.14. The zero-order chi connectivity index (χ0) is 11.9. The molecule has 3 N–H and O–H groups in total. The van der Waals surface area contributed by atoms with Gasteiger partial charge in [-0.3, -0.25) is 0 Å². The second-order valence-electron chi connectivity index (χ2n) is 4.28. The van der Waals surface area contributed by atoms with Crippen LogP contribution in [0.15, 0.2) is 42.5 Å². The molecule has 90 valence electrons. The molecule has 0 amide bonds. The molecule has 0 atom stereocenters. The van der Waals surface area contributed by atoms with Crippen LogP contribution in [0.5, 0.6) is 0 Å². The van der Waals surface area contributed by atoms with Gasteiger partial charge in [0.25, 0.3) is 0 Å². The van der Waals surface area contributed by atoms with Gasteiger partial charge in [-0.2, -0.15) is 0 Å². The lowest BCUT2D eigenvalue weighted by molar-refractivity contribution is 0.654. The molecule has 0 bridgehead atoms. The number of nitrogens with two attached hydrogens (primary N) is 1. The molecule has 0 radical (unpaired) electrons. The van der Waals surface area contributed by atoms with Crippen molar-refractivity contribution in [3.05, 3.63) is 48.0 Å². The van der Waals surface area contributed by atoms with Gasteiger partial charge in [-0.1, -0.05) is 42.5 Å². The first kappa shape index (κ1) is 12.1. The molecule has 0 heterocycles. The molecule has 0 aliphatic rings. The van der Waals surface area contributed by atoms with Gasteiger partial charge < -0.3 is 11.1 Å². The van der Waals surface area contributed by atoms with Crippen molar-refractivity contribution in [3.63, 3.8) is 0 Å². The summed E-state index contributed by atoms with van der Waals surface area (Å²) in [5, 5.41) is 6.04. The number of aryl methyl sites for hydroxylation is 1. The van der Waals surface area contributed by atoms with E-state index < -0.39 is 0 Å². The van der Waals surface area contributed by atoms with Gasteiger partial charge in [0.05, 0.1) is 0 Å². The van der Waals surface area contributed by atoms with E-state index in [2.05, 4.69) is 47.8 Å². The lowest BCUT2D eigenvalue weighted by atomic mass is 10.0. The summed E-state index contributed by atoms with van der Waals surface area (Å²) in [6.07, 6.45) is 2.28. The van der Waals surface area contributed by atoms with Crippen LogP contribution in [0.25, 0.3) is 10.8 Å². The Morgan fingerprint density at radius 3 is 2.65 bits per heavy atom. The molecular formula is C15H20N2. The van der Waals surface area contributed by atoms with Gasteiger partial charge in [-0.15, -0.1) is 0 Å². The van der Waals surface area contributed by atoms with Crippen LogP contribution in [0.2, 0.25) is 0 Å². The zero-order valence-corrected chi connectivity index (χ0v) is 10.2. The maximum absolute atomic E-state index is 5.43. The molecule has 0 saturated heterocycles. The predicted molar refractivity (Wildman–Crippen MR) is 74.2 cm³/mol. The minimum atomic E-state index is 0.717. The number of hydrogen-bond acceptors (Lipinski definition) is 2. The summed E-state index contributed by atoms with van der Waals surface area (Å²) >= 11 is 0. The van der Waals surface area contributed by atoms with E-state index in [1.54, 1.807) is 0 Å². The Hall–Kier alpha value is -1.38. The second-order valence-corrected chi connectivity index (χ2v) is 4.28. The third-order valence-corrected chi connectivity index (χ3v) is 3.00. The Balaban J connectivity index is 1.98. The van der Waals surface area contributed by atoms with Gasteiger partial charge in [0.1, 0.15) is 0 Å². The zero-order valence-electron chi connectivity index (χ0n) is 10.2. The molecule has 2 rings (SSSR count). The van der Waals surface area contributed by atoms with Crippen LogP contribution < -0.4 is 11.1 Å². The SMILES string of the molecule is NCCNCCCc1cccc2ccccc12. The van der Waals surface area contributed by atoms with Gasteiger partial charge >= 0.3 is 0 Å². The summed E-state index contributed by atoms with van der Waals surface area (Å²) < 4.78 is 0. The van der Waals surface area contributed by atoms with Crippen LogP contribution in [0.3, 0.4) is 0 Å². The minimum absolute atomic E-state index is 0.717. The molecule has 0 aliphatic heterocycles. The monoisotopic (exact) mass is 228 g/mol. The lowest BCUT2D eigenvalue weighted by Gasteiger charge is -2.07. The molecule has 2 aromatic carbocycles. The molecule has 2 heteroatoms. The molecule has 0 unspecified atom stereocenters. The van der Waals surface area contributed by atoms with Crippen molar-refractivity contribution >= 4 is 10.8 Å². The maximum Gasteiger partial charge on any atom is 0.00745 e. The van der Waals surface area contributed by atoms with Crippen molar-refractivity contribution in [3.8, 4) is 0 Å². The number of rotatable bonds is 6. The number of nitrogens with one attached hydrogen (secondary N) is 1. The maximum atomic E-state index is 5.43. The summed E-state index contributed by atoms with van der Waals surface area (Å²) in [4.78, 5) is 0. The van der Waals surface area contributed by atoms with Gasteiger partial charge in [0.2, 0.25) is 0 Å². The van der Waals surface area contributed by atoms with Crippen molar-refractivity contribution in [2.45, 2.75) is 12.8 Å². The summed E-state index contributed by atoms with van der Waals surface area (Å²) in [5.74, 6) is 0. The van der Waals surface area contributed by atoms with Crippen LogP contribution in [-0.4, -0.2) is 19.6 Å². The number of benzene rings is 2. The topological polar surface area (TPSA) is 38.0 Å². The normalized spacial score (nSPS) is 10.9. The predicted octanol–water partition coefficient (Wildman–Crippen LogP) is 2.32. The molecule has 0 fully saturated rings. The highest BCUT2D eigenvalue weighted by Crippen LogP contribution is 2.19. The smallest absolute Gasteiger partial charge is 0.00745 e. The van der Waals surface area contributed by atoms with Crippen molar-refractivity contribution in [2.24, 2.45) is 5.73 Å². The molecule has 0 aromatic heterocycles. The van der Waals surface area contributed by atoms with Gasteiger partial charge in [-0.25, -0.2) is 0 Å². The fourth-order valence-corrected chi connectivity index (χ4v) is 2.14. The molecule has 0 aliphatic carbocycles. The highest BCUT2D eigenvalue weighted by atomic mass is 14.9. The first-order chi connectivity index (χ1) is 8.42. The highest BCUT2D eigenvalue weighted by molar-refractivity contribution is 5.85. The van der Waals surface area contributed by atoms with Crippen molar-refractivity contribution in [1.29, 1.82) is 0 Å². The van der Waals surface area contributed by atoms with Crippen molar-refractivity contribution in [2.75, 3.05) is 19.6 Å². The Kier molecular flexibility index (Phi) is 4.54. The van der Waals surface area contributed by atoms with Crippen LogP contribution in [0.4, 0.5) is 0 Å². The van der Waals surface area contributed by atoms with E-state index >= 15 is 0 Å². The first-order valence-corrected chi connectivity index (χ1v) is 6.29. The number of hydrogen-bond donors (Lipinski definition) is 2. The van der Waals surface area contributed by atoms with Crippen LogP contribution >= 0.6 is 0 Å². The third-order valence-electron chi connectivity index (χ3n) is 3.00. The van der Waals surface area contributed by atoms with Crippen LogP contribution in [0, 0.1) is 0 Å². The standard InChI is InChI=1S/C15H20N2/c16-10-12-17-11-4-8-14-7-3-6-13-5-1-2-9-15(13)14/h1-3,5-7,9,17H,4,8,10-12,16H2. The summed E-state index contributed by atoms with van der Waals surface area (Å²) in [5.41, 5.74) is 6.88. The highest BCUT2D eigenvalue weighted by Gasteiger charge is 1.99. The number of fused-ring (bicyclic) bond motifs is 1. The molecule has 17 heavy (non-hydrogen) atoms.